The van der Waals surface area contributed by atoms with Gasteiger partial charge in [-0.25, -0.2) is 0 Å². The summed E-state index contributed by atoms with van der Waals surface area (Å²) in [7, 11) is 1.68. The molecule has 1 unspecified atom stereocenters. The van der Waals surface area contributed by atoms with Crippen LogP contribution in [-0.4, -0.2) is 43.4 Å². The van der Waals surface area contributed by atoms with Crippen LogP contribution in [0.2, 0.25) is 0 Å². The zero-order valence-corrected chi connectivity index (χ0v) is 17.9. The Balaban J connectivity index is 1.46. The number of aliphatic hydroxyl groups is 1. The molecule has 0 aromatic heterocycles. The third-order valence-electron chi connectivity index (χ3n) is 6.30. The van der Waals surface area contributed by atoms with Crippen LogP contribution in [0.5, 0.6) is 5.75 Å². The molecule has 0 bridgehead atoms. The second-order valence-corrected chi connectivity index (χ2v) is 9.31. The van der Waals surface area contributed by atoms with Gasteiger partial charge in [-0.2, -0.15) is 0 Å². The van der Waals surface area contributed by atoms with Crippen molar-refractivity contribution in [1.82, 2.24) is 5.32 Å². The quantitative estimate of drug-likeness (QED) is 0.729. The molecule has 2 N–H and O–H groups in total. The first kappa shape index (κ1) is 21.6. The van der Waals surface area contributed by atoms with E-state index in [1.807, 2.05) is 12.1 Å². The molecule has 158 valence electrons. The number of nitrogens with one attached hydrogen (secondary N) is 1. The highest BCUT2D eigenvalue weighted by molar-refractivity contribution is 5.29. The predicted octanol–water partition coefficient (Wildman–Crippen LogP) is 4.20. The molecule has 1 spiro atoms. The predicted molar refractivity (Wildman–Crippen MR) is 110 cm³/mol. The molecule has 1 atom stereocenters. The minimum atomic E-state index is -0.629. The molecule has 28 heavy (non-hydrogen) atoms. The number of hydrogen-bond acceptors (Lipinski definition) is 5. The minimum absolute atomic E-state index is 0.0829. The summed E-state index contributed by atoms with van der Waals surface area (Å²) in [4.78, 5) is 0. The molecule has 2 fully saturated rings. The van der Waals surface area contributed by atoms with E-state index in [1.165, 1.54) is 5.56 Å². The van der Waals surface area contributed by atoms with Crippen LogP contribution in [0.15, 0.2) is 24.3 Å². The highest BCUT2D eigenvalue weighted by Gasteiger charge is 2.46. The molecule has 5 nitrogen and oxygen atoms in total. The average molecular weight is 392 g/mol. The van der Waals surface area contributed by atoms with Crippen LogP contribution in [0.4, 0.5) is 0 Å². The zero-order valence-electron chi connectivity index (χ0n) is 17.9. The second-order valence-electron chi connectivity index (χ2n) is 9.31. The van der Waals surface area contributed by atoms with Gasteiger partial charge < -0.3 is 24.6 Å². The molecular formula is C23H37NO4. The van der Waals surface area contributed by atoms with Gasteiger partial charge in [-0.05, 0) is 49.9 Å². The third kappa shape index (κ3) is 5.26. The lowest BCUT2D eigenvalue weighted by Gasteiger charge is -2.48. The van der Waals surface area contributed by atoms with E-state index >= 15 is 0 Å². The number of ether oxygens (including phenoxy) is 3. The van der Waals surface area contributed by atoms with E-state index in [-0.39, 0.29) is 11.5 Å². The molecule has 1 aliphatic carbocycles. The maximum atomic E-state index is 11.0. The number of rotatable bonds is 7. The van der Waals surface area contributed by atoms with E-state index in [0.29, 0.717) is 0 Å². The molecule has 1 heterocycles. The van der Waals surface area contributed by atoms with Gasteiger partial charge in [0.2, 0.25) is 0 Å². The van der Waals surface area contributed by atoms with Gasteiger partial charge in [0.15, 0.2) is 5.79 Å². The Kier molecular flexibility index (Phi) is 6.70. The fourth-order valence-corrected chi connectivity index (χ4v) is 4.19. The van der Waals surface area contributed by atoms with Gasteiger partial charge in [-0.1, -0.05) is 32.9 Å². The van der Waals surface area contributed by atoms with Gasteiger partial charge in [0.05, 0.1) is 25.9 Å². The number of benzene rings is 1. The third-order valence-corrected chi connectivity index (χ3v) is 6.30. The van der Waals surface area contributed by atoms with E-state index in [9.17, 15) is 5.11 Å². The smallest absolute Gasteiger partial charge is 0.168 e. The van der Waals surface area contributed by atoms with Crippen molar-refractivity contribution in [3.63, 3.8) is 0 Å². The van der Waals surface area contributed by atoms with Gasteiger partial charge in [0.25, 0.3) is 0 Å². The highest BCUT2D eigenvalue weighted by atomic mass is 16.7. The summed E-state index contributed by atoms with van der Waals surface area (Å²) >= 11 is 0. The Morgan fingerprint density at radius 2 is 1.68 bits per heavy atom. The van der Waals surface area contributed by atoms with Crippen LogP contribution in [0.3, 0.4) is 0 Å². The van der Waals surface area contributed by atoms with E-state index in [1.54, 1.807) is 7.11 Å². The van der Waals surface area contributed by atoms with E-state index in [2.05, 4.69) is 38.2 Å². The molecule has 1 aromatic rings. The van der Waals surface area contributed by atoms with Crippen molar-refractivity contribution in [3.8, 4) is 5.75 Å². The zero-order chi connectivity index (χ0) is 20.3. The number of hydrogen-bond donors (Lipinski definition) is 2. The number of methoxy groups -OCH3 is 1. The Labute approximate surface area is 169 Å². The monoisotopic (exact) mass is 391 g/mol. The summed E-state index contributed by atoms with van der Waals surface area (Å²) in [6.45, 7) is 8.76. The summed E-state index contributed by atoms with van der Waals surface area (Å²) in [6, 6.07) is 8.51. The summed E-state index contributed by atoms with van der Waals surface area (Å²) < 4.78 is 17.4. The summed E-state index contributed by atoms with van der Waals surface area (Å²) in [6.07, 6.45) is 4.76. The molecule has 1 saturated carbocycles. The van der Waals surface area contributed by atoms with Crippen LogP contribution >= 0.6 is 0 Å². The first-order chi connectivity index (χ1) is 13.3. The lowest BCUT2D eigenvalue weighted by atomic mass is 9.78. The lowest BCUT2D eigenvalue weighted by Crippen LogP contribution is -2.52. The molecule has 5 heteroatoms. The van der Waals surface area contributed by atoms with E-state index < -0.39 is 11.4 Å². The van der Waals surface area contributed by atoms with E-state index in [4.69, 9.17) is 14.2 Å². The van der Waals surface area contributed by atoms with Gasteiger partial charge >= 0.3 is 0 Å². The molecule has 1 aromatic carbocycles. The van der Waals surface area contributed by atoms with Crippen LogP contribution in [-0.2, 0) is 9.47 Å². The summed E-state index contributed by atoms with van der Waals surface area (Å²) in [5, 5.41) is 14.7. The molecule has 0 amide bonds. The lowest BCUT2D eigenvalue weighted by molar-refractivity contribution is -0.319. The molecule has 3 rings (SSSR count). The average Bonchev–Trinajstić information content (AvgIpc) is 2.70. The van der Waals surface area contributed by atoms with E-state index in [0.717, 1.165) is 64.0 Å². The highest BCUT2D eigenvalue weighted by Crippen LogP contribution is 2.43. The van der Waals surface area contributed by atoms with Crippen molar-refractivity contribution in [2.45, 2.75) is 76.7 Å². The first-order valence-corrected chi connectivity index (χ1v) is 10.7. The maximum absolute atomic E-state index is 11.0. The topological polar surface area (TPSA) is 60.0 Å². The van der Waals surface area contributed by atoms with Crippen molar-refractivity contribution >= 4 is 0 Å². The van der Waals surface area contributed by atoms with Crippen molar-refractivity contribution in [3.05, 3.63) is 29.8 Å². The van der Waals surface area contributed by atoms with Gasteiger partial charge in [-0.15, -0.1) is 0 Å². The largest absolute Gasteiger partial charge is 0.497 e. The maximum Gasteiger partial charge on any atom is 0.168 e. The molecular weight excluding hydrogens is 354 g/mol. The van der Waals surface area contributed by atoms with Crippen molar-refractivity contribution < 1.29 is 19.3 Å². The fraction of sp³-hybridized carbons (Fsp3) is 0.739. The Hall–Kier alpha value is -1.14. The van der Waals surface area contributed by atoms with Crippen LogP contribution in [0.25, 0.3) is 0 Å². The molecule has 1 saturated heterocycles. The Morgan fingerprint density at radius 3 is 2.21 bits per heavy atom. The summed E-state index contributed by atoms with van der Waals surface area (Å²) in [5.41, 5.74) is 0.708. The standard InChI is InChI=1S/C23H37NO4/c1-5-20(18-6-8-19(26-4)9-7-18)24-15-14-22(25)10-12-23(13-11-22)27-16-21(2,3)17-28-23/h6-9,20,24-25H,5,10-17H2,1-4H3. The van der Waals surface area contributed by atoms with Crippen LogP contribution in [0.1, 0.15) is 70.9 Å². The normalized spacial score (nSPS) is 24.0. The fourth-order valence-electron chi connectivity index (χ4n) is 4.19. The summed E-state index contributed by atoms with van der Waals surface area (Å²) in [5.74, 6) is 0.407. The van der Waals surface area contributed by atoms with Gasteiger partial charge in [0.1, 0.15) is 5.75 Å². The van der Waals surface area contributed by atoms with Gasteiger partial charge in [0, 0.05) is 24.3 Å². The molecule has 0 radical (unpaired) electrons. The first-order valence-electron chi connectivity index (χ1n) is 10.7. The van der Waals surface area contributed by atoms with Crippen molar-refractivity contribution in [1.29, 1.82) is 0 Å². The Morgan fingerprint density at radius 1 is 1.07 bits per heavy atom. The van der Waals surface area contributed by atoms with Crippen molar-refractivity contribution in [2.75, 3.05) is 26.9 Å². The van der Waals surface area contributed by atoms with Crippen LogP contribution < -0.4 is 10.1 Å². The second kappa shape index (κ2) is 8.70. The Bertz CT molecular complexity index is 608. The van der Waals surface area contributed by atoms with Crippen molar-refractivity contribution in [2.24, 2.45) is 5.41 Å². The molecule has 2 aliphatic rings. The molecule has 1 aliphatic heterocycles. The minimum Gasteiger partial charge on any atom is -0.497 e. The van der Waals surface area contributed by atoms with Gasteiger partial charge in [-0.3, -0.25) is 0 Å². The SMILES string of the molecule is CCC(NCCC1(O)CCC2(CC1)OCC(C)(C)CO2)c1ccc(OC)cc1. The van der Waals surface area contributed by atoms with Crippen LogP contribution in [0, 0.1) is 5.41 Å².